The van der Waals surface area contributed by atoms with E-state index in [1.165, 1.54) is 11.3 Å². The number of anilines is 1. The Balaban J connectivity index is 1.71. The summed E-state index contributed by atoms with van der Waals surface area (Å²) in [5, 5.41) is 3.21. The van der Waals surface area contributed by atoms with Gasteiger partial charge in [0, 0.05) is 9.35 Å². The van der Waals surface area contributed by atoms with E-state index < -0.39 is 24.5 Å². The van der Waals surface area contributed by atoms with E-state index in [9.17, 15) is 14.4 Å². The molecule has 3 rings (SSSR count). The Bertz CT molecular complexity index is 951. The highest BCUT2D eigenvalue weighted by Crippen LogP contribution is 2.40. The number of esters is 2. The Morgan fingerprint density at radius 1 is 1.20 bits per heavy atom. The van der Waals surface area contributed by atoms with Crippen molar-refractivity contribution in [2.45, 2.75) is 46.1 Å². The summed E-state index contributed by atoms with van der Waals surface area (Å²) in [6.45, 7) is 5.32. The standard InChI is InChI=1S/C22H24BrNO5S/c1-12(2)29-22(27)19-16-9-4-13(3)10-17(16)30-20(19)24-18(25)11-28-21(26)14-5-7-15(23)8-6-14/h5-8,12-13H,4,9-11H2,1-3H3,(H,24,25). The molecule has 160 valence electrons. The number of rotatable bonds is 6. The van der Waals surface area contributed by atoms with Crippen molar-refractivity contribution in [3.8, 4) is 0 Å². The molecular formula is C22H24BrNO5S. The SMILES string of the molecule is CC1CCc2c(sc(NC(=O)COC(=O)c3ccc(Br)cc3)c2C(=O)OC(C)C)C1. The lowest BCUT2D eigenvalue weighted by molar-refractivity contribution is -0.119. The highest BCUT2D eigenvalue weighted by Gasteiger charge is 2.29. The summed E-state index contributed by atoms with van der Waals surface area (Å²) >= 11 is 4.71. The first-order chi connectivity index (χ1) is 14.2. The number of nitrogens with one attached hydrogen (secondary N) is 1. The Morgan fingerprint density at radius 3 is 2.57 bits per heavy atom. The average molecular weight is 494 g/mol. The summed E-state index contributed by atoms with van der Waals surface area (Å²) in [5.74, 6) is -0.984. The first-order valence-electron chi connectivity index (χ1n) is 9.82. The summed E-state index contributed by atoms with van der Waals surface area (Å²) in [6, 6.07) is 6.67. The number of benzene rings is 1. The van der Waals surface area contributed by atoms with Crippen LogP contribution >= 0.6 is 27.3 Å². The van der Waals surface area contributed by atoms with Crippen LogP contribution in [-0.4, -0.2) is 30.6 Å². The second kappa shape index (κ2) is 9.75. The van der Waals surface area contributed by atoms with Crippen LogP contribution in [0.25, 0.3) is 0 Å². The summed E-state index contributed by atoms with van der Waals surface area (Å²) < 4.78 is 11.4. The molecule has 0 spiro atoms. The number of thiophene rings is 1. The number of hydrogen-bond acceptors (Lipinski definition) is 6. The van der Waals surface area contributed by atoms with Gasteiger partial charge in [0.2, 0.25) is 0 Å². The molecule has 0 fully saturated rings. The summed E-state index contributed by atoms with van der Waals surface area (Å²) in [7, 11) is 0. The maximum atomic E-state index is 12.7. The maximum absolute atomic E-state index is 12.7. The van der Waals surface area contributed by atoms with Crippen LogP contribution in [0.1, 0.15) is 58.3 Å². The van der Waals surface area contributed by atoms with Gasteiger partial charge in [-0.25, -0.2) is 9.59 Å². The van der Waals surface area contributed by atoms with Gasteiger partial charge in [-0.05, 0) is 68.9 Å². The summed E-state index contributed by atoms with van der Waals surface area (Å²) in [4.78, 5) is 38.3. The molecule has 0 aliphatic heterocycles. The minimum absolute atomic E-state index is 0.258. The third-order valence-corrected chi connectivity index (χ3v) is 6.42. The molecule has 1 aromatic carbocycles. The zero-order valence-corrected chi connectivity index (χ0v) is 19.5. The molecule has 1 aromatic heterocycles. The topological polar surface area (TPSA) is 81.7 Å². The Morgan fingerprint density at radius 2 is 1.90 bits per heavy atom. The van der Waals surface area contributed by atoms with Gasteiger partial charge >= 0.3 is 11.9 Å². The van der Waals surface area contributed by atoms with Gasteiger partial charge in [0.1, 0.15) is 5.00 Å². The molecule has 1 N–H and O–H groups in total. The fourth-order valence-electron chi connectivity index (χ4n) is 3.29. The van der Waals surface area contributed by atoms with E-state index in [1.807, 2.05) is 0 Å². The van der Waals surface area contributed by atoms with Crippen LogP contribution in [0.15, 0.2) is 28.7 Å². The van der Waals surface area contributed by atoms with Gasteiger partial charge in [-0.1, -0.05) is 22.9 Å². The molecule has 0 saturated carbocycles. The number of hydrogen-bond donors (Lipinski definition) is 1. The Hall–Kier alpha value is -2.19. The fraction of sp³-hybridized carbons (Fsp3) is 0.409. The van der Waals surface area contributed by atoms with Gasteiger partial charge in [0.05, 0.1) is 17.2 Å². The molecule has 8 heteroatoms. The monoisotopic (exact) mass is 493 g/mol. The van der Waals surface area contributed by atoms with E-state index in [1.54, 1.807) is 38.1 Å². The van der Waals surface area contributed by atoms with Gasteiger partial charge in [0.25, 0.3) is 5.91 Å². The molecule has 2 aromatic rings. The van der Waals surface area contributed by atoms with Gasteiger partial charge in [-0.15, -0.1) is 11.3 Å². The predicted octanol–water partition coefficient (Wildman–Crippen LogP) is 5.00. The molecule has 1 heterocycles. The van der Waals surface area contributed by atoms with Crippen LogP contribution in [0, 0.1) is 5.92 Å². The smallest absolute Gasteiger partial charge is 0.341 e. The molecular weight excluding hydrogens is 470 g/mol. The first-order valence-corrected chi connectivity index (χ1v) is 11.4. The van der Waals surface area contributed by atoms with Gasteiger partial charge < -0.3 is 14.8 Å². The van der Waals surface area contributed by atoms with Crippen LogP contribution in [0.2, 0.25) is 0 Å². The van der Waals surface area contributed by atoms with Gasteiger partial charge in [-0.2, -0.15) is 0 Å². The molecule has 6 nitrogen and oxygen atoms in total. The quantitative estimate of drug-likeness (QED) is 0.572. The molecule has 1 unspecified atom stereocenters. The minimum Gasteiger partial charge on any atom is -0.459 e. The van der Waals surface area contributed by atoms with Crippen LogP contribution in [0.5, 0.6) is 0 Å². The summed E-state index contributed by atoms with van der Waals surface area (Å²) in [5.41, 5.74) is 1.75. The lowest BCUT2D eigenvalue weighted by Gasteiger charge is -2.18. The molecule has 1 amide bonds. The molecule has 1 aliphatic rings. The molecule has 1 aliphatic carbocycles. The predicted molar refractivity (Wildman–Crippen MR) is 119 cm³/mol. The number of halogens is 1. The molecule has 0 saturated heterocycles. The number of fused-ring (bicyclic) bond motifs is 1. The van der Waals surface area contributed by atoms with Crippen molar-refractivity contribution in [1.82, 2.24) is 0 Å². The largest absolute Gasteiger partial charge is 0.459 e. The lowest BCUT2D eigenvalue weighted by atomic mass is 9.88. The van der Waals surface area contributed by atoms with Gasteiger partial charge in [0.15, 0.2) is 6.61 Å². The van der Waals surface area contributed by atoms with E-state index in [2.05, 4.69) is 28.2 Å². The zero-order chi connectivity index (χ0) is 21.8. The first kappa shape index (κ1) is 22.5. The zero-order valence-electron chi connectivity index (χ0n) is 17.1. The molecule has 30 heavy (non-hydrogen) atoms. The van der Waals surface area contributed by atoms with E-state index in [0.717, 1.165) is 34.2 Å². The highest BCUT2D eigenvalue weighted by molar-refractivity contribution is 9.10. The van der Waals surface area contributed by atoms with Crippen molar-refractivity contribution < 1.29 is 23.9 Å². The third kappa shape index (κ3) is 5.49. The van der Waals surface area contributed by atoms with Gasteiger partial charge in [-0.3, -0.25) is 4.79 Å². The maximum Gasteiger partial charge on any atom is 0.341 e. The van der Waals surface area contributed by atoms with E-state index in [0.29, 0.717) is 22.0 Å². The van der Waals surface area contributed by atoms with Crippen molar-refractivity contribution >= 4 is 50.1 Å². The number of carbonyl (C=O) groups is 3. The molecule has 1 atom stereocenters. The Labute approximate surface area is 188 Å². The van der Waals surface area contributed by atoms with Crippen molar-refractivity contribution in [2.24, 2.45) is 5.92 Å². The second-order valence-corrected chi connectivity index (χ2v) is 9.66. The second-order valence-electron chi connectivity index (χ2n) is 7.64. The van der Waals surface area contributed by atoms with E-state index in [-0.39, 0.29) is 6.10 Å². The summed E-state index contributed by atoms with van der Waals surface area (Å²) in [6.07, 6.45) is 2.38. The minimum atomic E-state index is -0.587. The molecule has 0 radical (unpaired) electrons. The fourth-order valence-corrected chi connectivity index (χ4v) is 4.97. The Kier molecular flexibility index (Phi) is 7.31. The van der Waals surface area contributed by atoms with Crippen LogP contribution in [0.4, 0.5) is 5.00 Å². The van der Waals surface area contributed by atoms with Crippen LogP contribution in [0.3, 0.4) is 0 Å². The molecule has 0 bridgehead atoms. The third-order valence-electron chi connectivity index (χ3n) is 4.73. The van der Waals surface area contributed by atoms with Crippen LogP contribution in [-0.2, 0) is 27.1 Å². The number of ether oxygens (including phenoxy) is 2. The van der Waals surface area contributed by atoms with Crippen molar-refractivity contribution in [2.75, 3.05) is 11.9 Å². The normalized spacial score (nSPS) is 15.4. The number of amides is 1. The lowest BCUT2D eigenvalue weighted by Crippen LogP contribution is -2.22. The van der Waals surface area contributed by atoms with E-state index in [4.69, 9.17) is 9.47 Å². The van der Waals surface area contributed by atoms with E-state index >= 15 is 0 Å². The van der Waals surface area contributed by atoms with Crippen molar-refractivity contribution in [1.29, 1.82) is 0 Å². The average Bonchev–Trinajstić information content (AvgIpc) is 3.02. The number of carbonyl (C=O) groups excluding carboxylic acids is 3. The van der Waals surface area contributed by atoms with Crippen molar-refractivity contribution in [3.05, 3.63) is 50.3 Å². The van der Waals surface area contributed by atoms with Crippen molar-refractivity contribution in [3.63, 3.8) is 0 Å². The van der Waals surface area contributed by atoms with Crippen LogP contribution < -0.4 is 5.32 Å². The highest BCUT2D eigenvalue weighted by atomic mass is 79.9.